The van der Waals surface area contributed by atoms with Crippen LogP contribution < -0.4 is 10.0 Å². The van der Waals surface area contributed by atoms with Crippen LogP contribution in [0.2, 0.25) is 0 Å². The predicted octanol–water partition coefficient (Wildman–Crippen LogP) is 1.41. The lowest BCUT2D eigenvalue weighted by Crippen LogP contribution is -2.38. The topological polar surface area (TPSA) is 99.8 Å². The number of hydrogen-bond donors (Lipinski definition) is 2. The maximum Gasteiger partial charge on any atom is 0.240 e. The Hall–Kier alpha value is -1.66. The van der Waals surface area contributed by atoms with Crippen molar-refractivity contribution in [3.63, 3.8) is 0 Å². The zero-order valence-corrected chi connectivity index (χ0v) is 17.4. The summed E-state index contributed by atoms with van der Waals surface area (Å²) in [6, 6.07) is 8.54. The number of rotatable bonds is 6. The quantitative estimate of drug-likeness (QED) is 0.369. The van der Waals surface area contributed by atoms with E-state index in [1.54, 1.807) is 31.3 Å². The Morgan fingerprint density at radius 2 is 2.12 bits per heavy atom. The largest absolute Gasteiger partial charge is 0.364 e. The number of guanidine groups is 1. The third-order valence-corrected chi connectivity index (χ3v) is 4.80. The SMILES string of the molecule is CN=C(NCc1cccc(S(=O)(=O)NC)c1)N(C)Cc1ccon1.I. The monoisotopic (exact) mass is 479 g/mol. The zero-order chi connectivity index (χ0) is 17.6. The van der Waals surface area contributed by atoms with Gasteiger partial charge in [0.2, 0.25) is 10.0 Å². The van der Waals surface area contributed by atoms with E-state index in [-0.39, 0.29) is 28.9 Å². The molecule has 25 heavy (non-hydrogen) atoms. The van der Waals surface area contributed by atoms with E-state index in [1.165, 1.54) is 13.3 Å². The summed E-state index contributed by atoms with van der Waals surface area (Å²) in [5.74, 6) is 0.667. The smallest absolute Gasteiger partial charge is 0.240 e. The Bertz CT molecular complexity index is 793. The summed E-state index contributed by atoms with van der Waals surface area (Å²) < 4.78 is 30.8. The molecule has 1 aromatic carbocycles. The minimum Gasteiger partial charge on any atom is -0.364 e. The lowest BCUT2D eigenvalue weighted by molar-refractivity contribution is 0.391. The van der Waals surface area contributed by atoms with Gasteiger partial charge in [-0.2, -0.15) is 0 Å². The molecule has 1 heterocycles. The van der Waals surface area contributed by atoms with Crippen LogP contribution in [0.3, 0.4) is 0 Å². The van der Waals surface area contributed by atoms with Crippen molar-refractivity contribution < 1.29 is 12.9 Å². The van der Waals surface area contributed by atoms with Gasteiger partial charge in [0.15, 0.2) is 5.96 Å². The lowest BCUT2D eigenvalue weighted by atomic mass is 10.2. The summed E-state index contributed by atoms with van der Waals surface area (Å²) in [4.78, 5) is 6.34. The molecule has 0 aliphatic rings. The maximum absolute atomic E-state index is 11.9. The van der Waals surface area contributed by atoms with Crippen molar-refractivity contribution in [3.8, 4) is 0 Å². The molecule has 0 saturated heterocycles. The van der Waals surface area contributed by atoms with Crippen molar-refractivity contribution >= 4 is 40.0 Å². The fourth-order valence-corrected chi connectivity index (χ4v) is 2.94. The van der Waals surface area contributed by atoms with Crippen LogP contribution in [-0.4, -0.2) is 45.6 Å². The molecule has 0 fully saturated rings. The van der Waals surface area contributed by atoms with Crippen molar-refractivity contribution in [1.82, 2.24) is 20.1 Å². The highest BCUT2D eigenvalue weighted by molar-refractivity contribution is 14.0. The van der Waals surface area contributed by atoms with Gasteiger partial charge in [-0.1, -0.05) is 17.3 Å². The molecule has 10 heteroatoms. The molecule has 0 spiro atoms. The number of aromatic nitrogens is 1. The van der Waals surface area contributed by atoms with E-state index < -0.39 is 10.0 Å². The summed E-state index contributed by atoms with van der Waals surface area (Å²) in [7, 11) is 1.50. The molecule has 0 saturated carbocycles. The van der Waals surface area contributed by atoms with Crippen LogP contribution in [-0.2, 0) is 23.1 Å². The van der Waals surface area contributed by atoms with Crippen LogP contribution in [0.1, 0.15) is 11.3 Å². The van der Waals surface area contributed by atoms with Gasteiger partial charge in [0.05, 0.1) is 11.4 Å². The van der Waals surface area contributed by atoms with Crippen LogP contribution in [0.4, 0.5) is 0 Å². The number of aliphatic imine (C=N–C) groups is 1. The van der Waals surface area contributed by atoms with Gasteiger partial charge in [0.1, 0.15) is 12.0 Å². The van der Waals surface area contributed by atoms with E-state index in [9.17, 15) is 8.42 Å². The molecule has 1 aromatic heterocycles. The third kappa shape index (κ3) is 5.97. The van der Waals surface area contributed by atoms with Crippen molar-refractivity contribution in [2.45, 2.75) is 18.0 Å². The first kappa shape index (κ1) is 21.4. The van der Waals surface area contributed by atoms with Gasteiger partial charge in [-0.25, -0.2) is 13.1 Å². The molecule has 0 atom stereocenters. The molecule has 0 radical (unpaired) electrons. The Labute approximate surface area is 164 Å². The minimum absolute atomic E-state index is 0. The Morgan fingerprint density at radius 3 is 2.72 bits per heavy atom. The molecule has 0 unspecified atom stereocenters. The van der Waals surface area contributed by atoms with Gasteiger partial charge < -0.3 is 14.7 Å². The Morgan fingerprint density at radius 1 is 1.36 bits per heavy atom. The highest BCUT2D eigenvalue weighted by Gasteiger charge is 2.12. The van der Waals surface area contributed by atoms with Crippen LogP contribution in [0, 0.1) is 0 Å². The fourth-order valence-electron chi connectivity index (χ4n) is 2.14. The molecule has 2 N–H and O–H groups in total. The van der Waals surface area contributed by atoms with E-state index in [4.69, 9.17) is 4.52 Å². The minimum atomic E-state index is -3.45. The van der Waals surface area contributed by atoms with Crippen molar-refractivity contribution in [2.24, 2.45) is 4.99 Å². The van der Waals surface area contributed by atoms with Gasteiger partial charge in [-0.15, -0.1) is 24.0 Å². The summed E-state index contributed by atoms with van der Waals surface area (Å²) in [6.07, 6.45) is 1.52. The van der Waals surface area contributed by atoms with Crippen LogP contribution >= 0.6 is 24.0 Å². The number of hydrogen-bond acceptors (Lipinski definition) is 5. The summed E-state index contributed by atoms with van der Waals surface area (Å²) in [6.45, 7) is 0.993. The first-order chi connectivity index (χ1) is 11.5. The number of halogens is 1. The molecule has 0 aliphatic heterocycles. The zero-order valence-electron chi connectivity index (χ0n) is 14.3. The summed E-state index contributed by atoms with van der Waals surface area (Å²) in [5.41, 5.74) is 1.63. The number of nitrogens with one attached hydrogen (secondary N) is 2. The highest BCUT2D eigenvalue weighted by atomic mass is 127. The van der Waals surface area contributed by atoms with Crippen molar-refractivity contribution in [2.75, 3.05) is 21.1 Å². The second-order valence-electron chi connectivity index (χ2n) is 5.10. The van der Waals surface area contributed by atoms with Crippen LogP contribution in [0.5, 0.6) is 0 Å². The average Bonchev–Trinajstić information content (AvgIpc) is 3.08. The van der Waals surface area contributed by atoms with Gasteiger partial charge in [-0.05, 0) is 24.7 Å². The lowest BCUT2D eigenvalue weighted by Gasteiger charge is -2.21. The highest BCUT2D eigenvalue weighted by Crippen LogP contribution is 2.11. The fraction of sp³-hybridized carbons (Fsp3) is 0.333. The van der Waals surface area contributed by atoms with Gasteiger partial charge in [0, 0.05) is 26.7 Å². The van der Waals surface area contributed by atoms with E-state index in [2.05, 4.69) is 20.2 Å². The van der Waals surface area contributed by atoms with E-state index in [1.807, 2.05) is 18.0 Å². The van der Waals surface area contributed by atoms with E-state index in [0.29, 0.717) is 19.0 Å². The second kappa shape index (κ2) is 9.73. The van der Waals surface area contributed by atoms with Crippen molar-refractivity contribution in [3.05, 3.63) is 47.9 Å². The van der Waals surface area contributed by atoms with Gasteiger partial charge >= 0.3 is 0 Å². The number of benzene rings is 1. The molecule has 8 nitrogen and oxygen atoms in total. The van der Waals surface area contributed by atoms with E-state index in [0.717, 1.165) is 11.3 Å². The van der Waals surface area contributed by atoms with Gasteiger partial charge in [0.25, 0.3) is 0 Å². The first-order valence-electron chi connectivity index (χ1n) is 7.30. The maximum atomic E-state index is 11.9. The Balaban J connectivity index is 0.00000312. The van der Waals surface area contributed by atoms with E-state index >= 15 is 0 Å². The molecule has 0 amide bonds. The van der Waals surface area contributed by atoms with Crippen LogP contribution in [0.25, 0.3) is 0 Å². The normalized spacial score (nSPS) is 11.7. The third-order valence-electron chi connectivity index (χ3n) is 3.39. The molecule has 138 valence electrons. The second-order valence-corrected chi connectivity index (χ2v) is 6.99. The standard InChI is InChI=1S/C15H21N5O3S.HI/c1-16-15(20(3)11-13-7-8-23-19-13)18-10-12-5-4-6-14(9-12)24(21,22)17-2;/h4-9,17H,10-11H2,1-3H3,(H,16,18);1H. The predicted molar refractivity (Wildman–Crippen MR) is 106 cm³/mol. The Kier molecular flexibility index (Phi) is 8.32. The number of nitrogens with zero attached hydrogens (tertiary/aromatic N) is 3. The number of sulfonamides is 1. The molecule has 2 rings (SSSR count). The summed E-state index contributed by atoms with van der Waals surface area (Å²) in [5, 5.41) is 7.06. The summed E-state index contributed by atoms with van der Waals surface area (Å²) >= 11 is 0. The molecular weight excluding hydrogens is 457 g/mol. The molecule has 0 bridgehead atoms. The molecular formula is C15H22IN5O3S. The van der Waals surface area contributed by atoms with Crippen molar-refractivity contribution in [1.29, 1.82) is 0 Å². The first-order valence-corrected chi connectivity index (χ1v) is 8.78. The average molecular weight is 479 g/mol. The van der Waals surface area contributed by atoms with Gasteiger partial charge in [-0.3, -0.25) is 4.99 Å². The molecule has 2 aromatic rings. The molecule has 0 aliphatic carbocycles. The van der Waals surface area contributed by atoms with Crippen LogP contribution in [0.15, 0.2) is 51.0 Å².